The molecule has 2 aromatic heterocycles. The highest BCUT2D eigenvalue weighted by Gasteiger charge is 2.15. The Bertz CT molecular complexity index is 913. The Balaban J connectivity index is 2.18. The standard InChI is InChI=1S/C13H19N7O4S2/c1-26(22,23)19-12(16)20(4-5-21)6-8-2-3-10(24-8)9-7-25-13(17-9)18-11(14)15/h2-3,7,21H,4-6H2,1H3,(H2,16,19)(H4,14,15,17,18). The minimum Gasteiger partial charge on any atom is -0.458 e. The van der Waals surface area contributed by atoms with Crippen molar-refractivity contribution in [3.8, 4) is 11.5 Å². The molecule has 0 atom stereocenters. The summed E-state index contributed by atoms with van der Waals surface area (Å²) in [5, 5.41) is 11.3. The molecule has 2 heterocycles. The van der Waals surface area contributed by atoms with Crippen molar-refractivity contribution in [1.82, 2.24) is 9.88 Å². The smallest absolute Gasteiger partial charge is 0.253 e. The molecule has 0 saturated carbocycles. The summed E-state index contributed by atoms with van der Waals surface area (Å²) in [6, 6.07) is 3.39. The number of nitrogens with two attached hydrogens (primary N) is 3. The number of guanidine groups is 2. The van der Waals surface area contributed by atoms with Crippen LogP contribution in [0.3, 0.4) is 0 Å². The molecule has 142 valence electrons. The topological polar surface area (TPSA) is 186 Å². The highest BCUT2D eigenvalue weighted by molar-refractivity contribution is 7.89. The van der Waals surface area contributed by atoms with Crippen LogP contribution in [0.15, 0.2) is 31.3 Å². The normalized spacial score (nSPS) is 12.2. The molecule has 0 saturated heterocycles. The minimum atomic E-state index is -3.66. The largest absolute Gasteiger partial charge is 0.458 e. The summed E-state index contributed by atoms with van der Waals surface area (Å²) in [6.45, 7) is -0.0238. The van der Waals surface area contributed by atoms with E-state index in [2.05, 4.69) is 14.4 Å². The predicted molar refractivity (Wildman–Crippen MR) is 99.2 cm³/mol. The molecule has 0 unspecified atom stereocenters. The molecule has 0 radical (unpaired) electrons. The SMILES string of the molecule is CS(=O)(=O)N=C(N)N(CCO)Cc1ccc(-c2csc(N=C(N)N)n2)o1. The van der Waals surface area contributed by atoms with Crippen molar-refractivity contribution in [3.05, 3.63) is 23.3 Å². The van der Waals surface area contributed by atoms with Gasteiger partial charge in [-0.3, -0.25) is 0 Å². The zero-order valence-electron chi connectivity index (χ0n) is 13.9. The number of aliphatic imine (C=N–C) groups is 1. The summed E-state index contributed by atoms with van der Waals surface area (Å²) < 4.78 is 31.6. The van der Waals surface area contributed by atoms with Crippen molar-refractivity contribution >= 4 is 38.4 Å². The average Bonchev–Trinajstić information content (AvgIpc) is 3.13. The lowest BCUT2D eigenvalue weighted by Crippen LogP contribution is -2.39. The quantitative estimate of drug-likeness (QED) is 0.346. The van der Waals surface area contributed by atoms with Crippen LogP contribution in [0.1, 0.15) is 5.76 Å². The maximum absolute atomic E-state index is 11.3. The molecule has 26 heavy (non-hydrogen) atoms. The van der Waals surface area contributed by atoms with Crippen molar-refractivity contribution in [2.24, 2.45) is 26.6 Å². The number of nitrogens with zero attached hydrogens (tertiary/aromatic N) is 4. The minimum absolute atomic E-state index is 0.0895. The van der Waals surface area contributed by atoms with E-state index in [0.717, 1.165) is 6.26 Å². The third kappa shape index (κ3) is 5.72. The molecule has 7 N–H and O–H groups in total. The fraction of sp³-hybridized carbons (Fsp3) is 0.308. The number of rotatable bonds is 7. The second-order valence-corrected chi connectivity index (χ2v) is 7.63. The predicted octanol–water partition coefficient (Wildman–Crippen LogP) is -0.623. The third-order valence-electron chi connectivity index (χ3n) is 2.93. The fourth-order valence-corrected chi connectivity index (χ4v) is 3.10. The van der Waals surface area contributed by atoms with E-state index in [4.69, 9.17) is 26.7 Å². The van der Waals surface area contributed by atoms with E-state index in [-0.39, 0.29) is 31.6 Å². The molecule has 0 aliphatic rings. The lowest BCUT2D eigenvalue weighted by atomic mass is 10.3. The summed E-state index contributed by atoms with van der Waals surface area (Å²) in [5.41, 5.74) is 16.9. The van der Waals surface area contributed by atoms with E-state index in [9.17, 15) is 8.42 Å². The van der Waals surface area contributed by atoms with E-state index in [1.807, 2.05) is 0 Å². The fourth-order valence-electron chi connectivity index (χ4n) is 1.95. The third-order valence-corrected chi connectivity index (χ3v) is 4.18. The van der Waals surface area contributed by atoms with Gasteiger partial charge in [-0.1, -0.05) is 0 Å². The summed E-state index contributed by atoms with van der Waals surface area (Å²) >= 11 is 1.25. The van der Waals surface area contributed by atoms with Gasteiger partial charge in [0.2, 0.25) is 11.1 Å². The van der Waals surface area contributed by atoms with Crippen molar-refractivity contribution in [2.75, 3.05) is 19.4 Å². The Kier molecular flexibility index (Phi) is 6.18. The van der Waals surface area contributed by atoms with Gasteiger partial charge >= 0.3 is 0 Å². The number of aliphatic hydroxyl groups is 1. The second kappa shape index (κ2) is 8.16. The van der Waals surface area contributed by atoms with Gasteiger partial charge in [-0.25, -0.2) is 13.4 Å². The lowest BCUT2D eigenvalue weighted by molar-refractivity contribution is 0.239. The van der Waals surface area contributed by atoms with Crippen LogP contribution in [0.5, 0.6) is 0 Å². The van der Waals surface area contributed by atoms with Crippen molar-refractivity contribution < 1.29 is 17.9 Å². The summed E-state index contributed by atoms with van der Waals surface area (Å²) in [4.78, 5) is 9.47. The molecule has 0 aliphatic carbocycles. The summed E-state index contributed by atoms with van der Waals surface area (Å²) in [7, 11) is -3.66. The molecule has 0 amide bonds. The van der Waals surface area contributed by atoms with Gasteiger partial charge in [-0.05, 0) is 12.1 Å². The molecular formula is C13H19N7O4S2. The number of sulfonamides is 1. The first-order chi connectivity index (χ1) is 12.2. The first-order valence-electron chi connectivity index (χ1n) is 7.23. The van der Waals surface area contributed by atoms with Crippen LogP contribution >= 0.6 is 11.3 Å². The van der Waals surface area contributed by atoms with Crippen LogP contribution in [0.2, 0.25) is 0 Å². The maximum Gasteiger partial charge on any atom is 0.253 e. The first-order valence-corrected chi connectivity index (χ1v) is 9.96. The number of furan rings is 1. The zero-order valence-corrected chi connectivity index (χ0v) is 15.5. The second-order valence-electron chi connectivity index (χ2n) is 5.15. The Morgan fingerprint density at radius 1 is 1.38 bits per heavy atom. The van der Waals surface area contributed by atoms with Crippen LogP contribution in [-0.4, -0.2) is 54.7 Å². The lowest BCUT2D eigenvalue weighted by Gasteiger charge is -2.20. The van der Waals surface area contributed by atoms with E-state index >= 15 is 0 Å². The number of hydrogen-bond donors (Lipinski definition) is 4. The molecule has 13 heteroatoms. The van der Waals surface area contributed by atoms with Gasteiger partial charge in [0.1, 0.15) is 11.5 Å². The van der Waals surface area contributed by atoms with Gasteiger partial charge in [0.15, 0.2) is 11.7 Å². The van der Waals surface area contributed by atoms with Crippen LogP contribution in [0.4, 0.5) is 5.13 Å². The van der Waals surface area contributed by atoms with Crippen LogP contribution in [0.25, 0.3) is 11.5 Å². The van der Waals surface area contributed by atoms with E-state index in [1.165, 1.54) is 16.2 Å². The van der Waals surface area contributed by atoms with Gasteiger partial charge < -0.3 is 31.6 Å². The van der Waals surface area contributed by atoms with E-state index in [0.29, 0.717) is 22.3 Å². The molecule has 0 aliphatic heterocycles. The number of aromatic nitrogens is 1. The van der Waals surface area contributed by atoms with Gasteiger partial charge in [-0.15, -0.1) is 15.7 Å². The highest BCUT2D eigenvalue weighted by atomic mass is 32.2. The van der Waals surface area contributed by atoms with Crippen LogP contribution in [0, 0.1) is 0 Å². The molecular weight excluding hydrogens is 382 g/mol. The molecule has 2 rings (SSSR count). The zero-order chi connectivity index (χ0) is 19.3. The number of hydrogen-bond acceptors (Lipinski definition) is 7. The van der Waals surface area contributed by atoms with Crippen LogP contribution < -0.4 is 17.2 Å². The Morgan fingerprint density at radius 2 is 2.12 bits per heavy atom. The molecule has 0 fully saturated rings. The Labute approximate surface area is 153 Å². The number of aliphatic hydroxyl groups excluding tert-OH is 1. The molecule has 0 aromatic carbocycles. The van der Waals surface area contributed by atoms with E-state index in [1.54, 1.807) is 17.5 Å². The van der Waals surface area contributed by atoms with Crippen molar-refractivity contribution in [2.45, 2.75) is 6.54 Å². The van der Waals surface area contributed by atoms with Gasteiger partial charge in [0.05, 0.1) is 19.4 Å². The highest BCUT2D eigenvalue weighted by Crippen LogP contribution is 2.28. The maximum atomic E-state index is 11.3. The van der Waals surface area contributed by atoms with Crippen molar-refractivity contribution in [1.29, 1.82) is 0 Å². The molecule has 0 spiro atoms. The summed E-state index contributed by atoms with van der Waals surface area (Å²) in [6.07, 6.45) is 0.929. The van der Waals surface area contributed by atoms with Crippen molar-refractivity contribution in [3.63, 3.8) is 0 Å². The monoisotopic (exact) mass is 401 g/mol. The van der Waals surface area contributed by atoms with Gasteiger partial charge in [0, 0.05) is 11.9 Å². The number of thiazole rings is 1. The molecule has 0 bridgehead atoms. The molecule has 2 aromatic rings. The average molecular weight is 401 g/mol. The van der Waals surface area contributed by atoms with Gasteiger partial charge in [-0.2, -0.15) is 4.99 Å². The van der Waals surface area contributed by atoms with Gasteiger partial charge in [0.25, 0.3) is 10.0 Å². The summed E-state index contributed by atoms with van der Waals surface area (Å²) in [5.74, 6) is 0.641. The molecule has 11 nitrogen and oxygen atoms in total. The Morgan fingerprint density at radius 3 is 2.73 bits per heavy atom. The first kappa shape index (κ1) is 19.7. The van der Waals surface area contributed by atoms with Crippen LogP contribution in [-0.2, 0) is 16.6 Å². The Hall–Kier alpha value is -2.64. The van der Waals surface area contributed by atoms with E-state index < -0.39 is 10.0 Å².